The van der Waals surface area contributed by atoms with Gasteiger partial charge in [0.1, 0.15) is 0 Å². The Morgan fingerprint density at radius 2 is 1.55 bits per heavy atom. The van der Waals surface area contributed by atoms with Crippen LogP contribution in [-0.2, 0) is 19.2 Å². The van der Waals surface area contributed by atoms with E-state index in [1.165, 1.54) is 0 Å². The highest BCUT2D eigenvalue weighted by Gasteiger charge is 2.36. The van der Waals surface area contributed by atoms with Gasteiger partial charge in [-0.2, -0.15) is 0 Å². The second-order valence-corrected chi connectivity index (χ2v) is 4.91. The summed E-state index contributed by atoms with van der Waals surface area (Å²) in [6.07, 6.45) is -0.412. The molecule has 0 saturated heterocycles. The molecular formula is C12H21N3O7. The summed E-state index contributed by atoms with van der Waals surface area (Å²) in [4.78, 5) is 43.7. The highest BCUT2D eigenvalue weighted by molar-refractivity contribution is 5.89. The van der Waals surface area contributed by atoms with Crippen molar-refractivity contribution in [2.75, 3.05) is 0 Å². The maximum absolute atomic E-state index is 11.8. The first-order valence-corrected chi connectivity index (χ1v) is 6.62. The minimum absolute atomic E-state index is 0.137. The predicted molar refractivity (Wildman–Crippen MR) is 73.6 cm³/mol. The highest BCUT2D eigenvalue weighted by Crippen LogP contribution is 2.11. The Labute approximate surface area is 126 Å². The van der Waals surface area contributed by atoms with Gasteiger partial charge in [-0.1, -0.05) is 0 Å². The van der Waals surface area contributed by atoms with Gasteiger partial charge in [-0.15, -0.1) is 0 Å². The first-order valence-electron chi connectivity index (χ1n) is 6.62. The Hall–Kier alpha value is -2.20. The van der Waals surface area contributed by atoms with Crippen molar-refractivity contribution in [1.82, 2.24) is 5.32 Å². The Kier molecular flexibility index (Phi) is 8.05. The molecule has 0 fully saturated rings. The number of nitrogens with one attached hydrogen (secondary N) is 1. The molecular weight excluding hydrogens is 298 g/mol. The fourth-order valence-corrected chi connectivity index (χ4v) is 1.63. The molecule has 126 valence electrons. The van der Waals surface area contributed by atoms with E-state index in [4.69, 9.17) is 26.8 Å². The third kappa shape index (κ3) is 7.55. The zero-order valence-corrected chi connectivity index (χ0v) is 11.9. The van der Waals surface area contributed by atoms with Crippen LogP contribution >= 0.6 is 0 Å². The van der Waals surface area contributed by atoms with Crippen LogP contribution in [0.4, 0.5) is 0 Å². The summed E-state index contributed by atoms with van der Waals surface area (Å²) in [6.45, 7) is 0. The molecule has 0 spiro atoms. The number of carboxylic acids is 3. The average Bonchev–Trinajstić information content (AvgIpc) is 2.40. The van der Waals surface area contributed by atoms with Gasteiger partial charge in [0.25, 0.3) is 0 Å². The Balaban J connectivity index is 4.53. The van der Waals surface area contributed by atoms with Crippen molar-refractivity contribution in [2.45, 2.75) is 50.2 Å². The number of hydrogen-bond acceptors (Lipinski definition) is 6. The van der Waals surface area contributed by atoms with Crippen LogP contribution < -0.4 is 16.8 Å². The van der Waals surface area contributed by atoms with E-state index in [1.54, 1.807) is 0 Å². The molecule has 22 heavy (non-hydrogen) atoms. The van der Waals surface area contributed by atoms with Crippen molar-refractivity contribution in [1.29, 1.82) is 0 Å². The number of aliphatic carboxylic acids is 3. The molecule has 0 heterocycles. The maximum atomic E-state index is 11.8. The van der Waals surface area contributed by atoms with Crippen LogP contribution in [0.25, 0.3) is 0 Å². The van der Waals surface area contributed by atoms with Crippen LogP contribution in [0.3, 0.4) is 0 Å². The predicted octanol–water partition coefficient (Wildman–Crippen LogP) is -1.32. The molecule has 0 aliphatic heterocycles. The smallest absolute Gasteiger partial charge is 0.344 e. The lowest BCUT2D eigenvalue weighted by atomic mass is 10.0. The van der Waals surface area contributed by atoms with Crippen LogP contribution in [0.1, 0.15) is 38.5 Å². The molecule has 0 bridgehead atoms. The summed E-state index contributed by atoms with van der Waals surface area (Å²) in [5.74, 6) is -4.50. The standard InChI is InChI=1S/C12H21N3O7/c13-7(4-5-9(18)19)10(20)15-12(14,11(21)22)6-2-1-3-8(16)17/h7H,1-6,13-14H2,(H,15,20)(H,16,17)(H,18,19)(H,21,22)/t7-,12+/m1/s1. The Morgan fingerprint density at radius 1 is 1.00 bits per heavy atom. The highest BCUT2D eigenvalue weighted by atomic mass is 16.4. The molecule has 10 heteroatoms. The molecule has 2 atom stereocenters. The van der Waals surface area contributed by atoms with Gasteiger partial charge in [-0.25, -0.2) is 4.79 Å². The minimum atomic E-state index is -2.07. The number of carboxylic acid groups (broad SMARTS) is 3. The van der Waals surface area contributed by atoms with Crippen LogP contribution in [0.5, 0.6) is 0 Å². The molecule has 0 aliphatic carbocycles. The summed E-state index contributed by atoms with van der Waals surface area (Å²) in [6, 6.07) is -1.20. The molecule has 0 rings (SSSR count). The van der Waals surface area contributed by atoms with E-state index in [0.29, 0.717) is 0 Å². The molecule has 0 aromatic carbocycles. The van der Waals surface area contributed by atoms with Crippen molar-refractivity contribution in [3.63, 3.8) is 0 Å². The van der Waals surface area contributed by atoms with Crippen LogP contribution in [0, 0.1) is 0 Å². The van der Waals surface area contributed by atoms with Gasteiger partial charge < -0.3 is 26.4 Å². The van der Waals surface area contributed by atoms with Gasteiger partial charge in [0.15, 0.2) is 5.66 Å². The normalized spacial score (nSPS) is 14.6. The summed E-state index contributed by atoms with van der Waals surface area (Å²) in [7, 11) is 0. The third-order valence-electron chi connectivity index (χ3n) is 2.95. The Morgan fingerprint density at radius 3 is 2.00 bits per heavy atom. The zero-order valence-electron chi connectivity index (χ0n) is 11.9. The quantitative estimate of drug-likeness (QED) is 0.198. The molecule has 0 unspecified atom stereocenters. The minimum Gasteiger partial charge on any atom is -0.481 e. The average molecular weight is 319 g/mol. The molecule has 10 nitrogen and oxygen atoms in total. The molecule has 0 saturated carbocycles. The lowest BCUT2D eigenvalue weighted by Crippen LogP contribution is -2.64. The number of nitrogens with two attached hydrogens (primary N) is 2. The van der Waals surface area contributed by atoms with Crippen molar-refractivity contribution < 1.29 is 34.5 Å². The van der Waals surface area contributed by atoms with Gasteiger partial charge in [0.05, 0.1) is 6.04 Å². The lowest BCUT2D eigenvalue weighted by molar-refractivity contribution is -0.148. The number of carbonyl (C=O) groups is 4. The fraction of sp³-hybridized carbons (Fsp3) is 0.667. The largest absolute Gasteiger partial charge is 0.481 e. The van der Waals surface area contributed by atoms with E-state index >= 15 is 0 Å². The van der Waals surface area contributed by atoms with Crippen molar-refractivity contribution in [3.8, 4) is 0 Å². The van der Waals surface area contributed by atoms with E-state index in [-0.39, 0.29) is 38.5 Å². The van der Waals surface area contributed by atoms with Gasteiger partial charge in [0, 0.05) is 12.8 Å². The number of carbonyl (C=O) groups excluding carboxylic acids is 1. The van der Waals surface area contributed by atoms with E-state index in [2.05, 4.69) is 5.32 Å². The summed E-state index contributed by atoms with van der Waals surface area (Å²) < 4.78 is 0. The van der Waals surface area contributed by atoms with Crippen molar-refractivity contribution in [3.05, 3.63) is 0 Å². The SMILES string of the molecule is N[C@H](CCC(=O)O)C(=O)N[C@@](N)(CCCCC(=O)O)C(=O)O. The van der Waals surface area contributed by atoms with E-state index < -0.39 is 35.5 Å². The van der Waals surface area contributed by atoms with Crippen LogP contribution in [-0.4, -0.2) is 50.8 Å². The zero-order chi connectivity index (χ0) is 17.3. The maximum Gasteiger partial charge on any atom is 0.344 e. The summed E-state index contributed by atoms with van der Waals surface area (Å²) in [5.41, 5.74) is 8.99. The molecule has 0 aliphatic rings. The molecule has 0 aromatic rings. The molecule has 0 radical (unpaired) electrons. The van der Waals surface area contributed by atoms with Crippen LogP contribution in [0.2, 0.25) is 0 Å². The van der Waals surface area contributed by atoms with E-state index in [9.17, 15) is 19.2 Å². The number of amides is 1. The third-order valence-corrected chi connectivity index (χ3v) is 2.95. The van der Waals surface area contributed by atoms with E-state index in [0.717, 1.165) is 0 Å². The van der Waals surface area contributed by atoms with Crippen molar-refractivity contribution in [2.24, 2.45) is 11.5 Å². The van der Waals surface area contributed by atoms with Crippen LogP contribution in [0.15, 0.2) is 0 Å². The van der Waals surface area contributed by atoms with E-state index in [1.807, 2.05) is 0 Å². The topological polar surface area (TPSA) is 193 Å². The van der Waals surface area contributed by atoms with Gasteiger partial charge in [-0.3, -0.25) is 20.1 Å². The number of hydrogen-bond donors (Lipinski definition) is 6. The van der Waals surface area contributed by atoms with Gasteiger partial charge >= 0.3 is 17.9 Å². The summed E-state index contributed by atoms with van der Waals surface area (Å²) in [5, 5.41) is 28.2. The molecule has 8 N–H and O–H groups in total. The van der Waals surface area contributed by atoms with Gasteiger partial charge in [0.2, 0.25) is 5.91 Å². The number of unbranched alkanes of at least 4 members (excludes halogenated alkanes) is 1. The molecule has 0 aromatic heterocycles. The Bertz CT molecular complexity index is 440. The summed E-state index contributed by atoms with van der Waals surface area (Å²) >= 11 is 0. The van der Waals surface area contributed by atoms with Crippen molar-refractivity contribution >= 4 is 23.8 Å². The fourth-order valence-electron chi connectivity index (χ4n) is 1.63. The monoisotopic (exact) mass is 319 g/mol. The number of rotatable bonds is 11. The second kappa shape index (κ2) is 8.95. The molecule has 1 amide bonds. The lowest BCUT2D eigenvalue weighted by Gasteiger charge is -2.27. The first-order chi connectivity index (χ1) is 10.1. The first kappa shape index (κ1) is 19.8. The van der Waals surface area contributed by atoms with Gasteiger partial charge in [-0.05, 0) is 25.7 Å². The second-order valence-electron chi connectivity index (χ2n) is 4.91.